The molecule has 3 saturated heterocycles. The monoisotopic (exact) mass is 847 g/mol. The van der Waals surface area contributed by atoms with Gasteiger partial charge in [0, 0.05) is 104 Å². The zero-order chi connectivity index (χ0) is 43.2. The third-order valence-electron chi connectivity index (χ3n) is 13.6. The zero-order valence-electron chi connectivity index (χ0n) is 36.1. The number of piperazine rings is 1. The second kappa shape index (κ2) is 16.6. The van der Waals surface area contributed by atoms with E-state index in [-0.39, 0.29) is 35.2 Å². The quantitative estimate of drug-likeness (QED) is 0.123. The van der Waals surface area contributed by atoms with Crippen molar-refractivity contribution in [3.8, 4) is 22.4 Å². The van der Waals surface area contributed by atoms with Crippen LogP contribution in [0.3, 0.4) is 0 Å². The Morgan fingerprint density at radius 2 is 1.54 bits per heavy atom. The number of aryl methyl sites for hydroxylation is 1. The summed E-state index contributed by atoms with van der Waals surface area (Å²) in [5.74, 6) is 0.681. The molecule has 3 aromatic heterocycles. The lowest BCUT2D eigenvalue weighted by Gasteiger charge is -2.40. The number of urea groups is 1. The van der Waals surface area contributed by atoms with Crippen LogP contribution >= 0.6 is 0 Å². The van der Waals surface area contributed by atoms with Crippen LogP contribution in [0.5, 0.6) is 0 Å². The zero-order valence-corrected chi connectivity index (χ0v) is 36.1. The minimum absolute atomic E-state index is 0.00576. The molecule has 0 bridgehead atoms. The third-order valence-corrected chi connectivity index (χ3v) is 13.6. The number of amides is 4. The Labute approximate surface area is 366 Å². The Bertz CT molecular complexity index is 2650. The van der Waals surface area contributed by atoms with Gasteiger partial charge in [-0.15, -0.1) is 0 Å². The second-order valence-electron chi connectivity index (χ2n) is 18.0. The van der Waals surface area contributed by atoms with E-state index in [4.69, 9.17) is 9.51 Å². The summed E-state index contributed by atoms with van der Waals surface area (Å²) in [5, 5.41) is 18.2. The predicted molar refractivity (Wildman–Crippen MR) is 242 cm³/mol. The molecule has 0 radical (unpaired) electrons. The van der Waals surface area contributed by atoms with Crippen molar-refractivity contribution in [2.75, 3.05) is 67.1 Å². The highest BCUT2D eigenvalue weighted by atomic mass is 16.5. The number of carbonyl (C=O) groups excluding carboxylic acids is 3. The van der Waals surface area contributed by atoms with E-state index in [2.05, 4.69) is 101 Å². The number of pyridine rings is 1. The summed E-state index contributed by atoms with van der Waals surface area (Å²) in [4.78, 5) is 55.0. The van der Waals surface area contributed by atoms with Crippen LogP contribution in [-0.2, 0) is 10.2 Å². The normalized spacial score (nSPS) is 18.7. The van der Waals surface area contributed by atoms with Crippen molar-refractivity contribution in [1.29, 1.82) is 0 Å². The molecule has 324 valence electrons. The molecule has 0 unspecified atom stereocenters. The van der Waals surface area contributed by atoms with Crippen molar-refractivity contribution < 1.29 is 18.9 Å². The number of carbonyl (C=O) groups is 3. The Kier molecular flexibility index (Phi) is 10.7. The van der Waals surface area contributed by atoms with Crippen LogP contribution < -0.4 is 25.3 Å². The van der Waals surface area contributed by atoms with Gasteiger partial charge < -0.3 is 19.6 Å². The summed E-state index contributed by atoms with van der Waals surface area (Å²) in [6.07, 6.45) is 6.56. The number of benzene rings is 3. The molecule has 3 N–H and O–H groups in total. The number of hydrogen-bond donors (Lipinski definition) is 3. The van der Waals surface area contributed by atoms with Gasteiger partial charge in [-0.1, -0.05) is 36.3 Å². The molecule has 3 aromatic carbocycles. The van der Waals surface area contributed by atoms with Crippen molar-refractivity contribution >= 4 is 45.9 Å². The SMILES string of the molecule is Cc1cc(-c2n[nH]c3ncc(-c4ccc(N5CCN(CC6CCN(c7ccc(N8CCC(=O)NC8=O)cc7)CC6)CC5)cc4)cc23)ccc1[C@@H](C)NC(=O)c1nc(C2(C)CC2)no1. The van der Waals surface area contributed by atoms with E-state index in [0.717, 1.165) is 122 Å². The molecule has 4 amide bonds. The fourth-order valence-electron chi connectivity index (χ4n) is 9.34. The van der Waals surface area contributed by atoms with Gasteiger partial charge in [0.05, 0.1) is 6.04 Å². The standard InChI is InChI=1S/C48H53N11O4/c1-30-26-34(6-13-39(30)31(2)50-44(61)45-52-46(55-63-45)48(3)17-18-48)42-40-27-35(28-49-43(40)54-53-42)33-4-7-36(8-5-33)58-24-22-56(23-25-58)29-32-14-19-57(20-15-32)37-9-11-38(12-10-37)59-21-16-41(60)51-47(59)62/h4-13,26-28,31-32H,14-25,29H2,1-3H3,(H,50,61)(H,49,53,54)(H,51,60,62)/t31-/m1/s1. The molecule has 6 aromatic rings. The number of fused-ring (bicyclic) bond motifs is 1. The molecule has 15 nitrogen and oxygen atoms in total. The number of aromatic nitrogens is 5. The van der Waals surface area contributed by atoms with Gasteiger partial charge in [-0.2, -0.15) is 10.1 Å². The lowest BCUT2D eigenvalue weighted by Crippen LogP contribution is -2.49. The topological polar surface area (TPSA) is 169 Å². The molecule has 4 aliphatic rings. The van der Waals surface area contributed by atoms with Crippen LogP contribution in [0.15, 0.2) is 83.5 Å². The molecule has 1 aliphatic carbocycles. The van der Waals surface area contributed by atoms with Gasteiger partial charge in [0.1, 0.15) is 5.69 Å². The average molecular weight is 848 g/mol. The maximum atomic E-state index is 13.0. The number of piperidine rings is 1. The smallest absolute Gasteiger partial charge is 0.328 e. The number of anilines is 3. The highest BCUT2D eigenvalue weighted by Gasteiger charge is 2.44. The Morgan fingerprint density at radius 1 is 0.857 bits per heavy atom. The van der Waals surface area contributed by atoms with E-state index in [1.54, 1.807) is 4.90 Å². The van der Waals surface area contributed by atoms with Crippen LogP contribution in [0, 0.1) is 12.8 Å². The van der Waals surface area contributed by atoms with Gasteiger partial charge >= 0.3 is 17.8 Å². The molecule has 3 aliphatic heterocycles. The number of imide groups is 1. The highest BCUT2D eigenvalue weighted by molar-refractivity contribution is 6.05. The Morgan fingerprint density at radius 3 is 2.24 bits per heavy atom. The van der Waals surface area contributed by atoms with Gasteiger partial charge in [0.2, 0.25) is 5.91 Å². The van der Waals surface area contributed by atoms with Crippen LogP contribution in [0.25, 0.3) is 33.4 Å². The fraction of sp³-hybridized carbons (Fsp3) is 0.396. The molecule has 15 heteroatoms. The number of nitrogens with one attached hydrogen (secondary N) is 3. The van der Waals surface area contributed by atoms with E-state index >= 15 is 0 Å². The molecule has 63 heavy (non-hydrogen) atoms. The van der Waals surface area contributed by atoms with Crippen molar-refractivity contribution in [2.24, 2.45) is 5.92 Å². The molecule has 6 heterocycles. The molecule has 1 saturated carbocycles. The first-order chi connectivity index (χ1) is 30.6. The van der Waals surface area contributed by atoms with E-state index < -0.39 is 0 Å². The van der Waals surface area contributed by atoms with E-state index in [9.17, 15) is 14.4 Å². The number of nitrogens with zero attached hydrogens (tertiary/aromatic N) is 8. The average Bonchev–Trinajstić information content (AvgIpc) is 3.64. The second-order valence-corrected chi connectivity index (χ2v) is 18.0. The number of rotatable bonds is 11. The first-order valence-electron chi connectivity index (χ1n) is 22.2. The van der Waals surface area contributed by atoms with E-state index in [0.29, 0.717) is 24.7 Å². The summed E-state index contributed by atoms with van der Waals surface area (Å²) in [6, 6.07) is 24.7. The summed E-state index contributed by atoms with van der Waals surface area (Å²) in [7, 11) is 0. The minimum atomic E-state index is -0.379. The van der Waals surface area contributed by atoms with Crippen LogP contribution in [0.2, 0.25) is 0 Å². The summed E-state index contributed by atoms with van der Waals surface area (Å²) in [5.41, 5.74) is 9.84. The van der Waals surface area contributed by atoms with Gasteiger partial charge in [-0.05, 0) is 111 Å². The molecule has 0 spiro atoms. The van der Waals surface area contributed by atoms with Gasteiger partial charge in [-0.25, -0.2) is 9.78 Å². The summed E-state index contributed by atoms with van der Waals surface area (Å²) in [6.45, 7) is 13.8. The molecule has 10 rings (SSSR count). The first-order valence-corrected chi connectivity index (χ1v) is 22.2. The summed E-state index contributed by atoms with van der Waals surface area (Å²) >= 11 is 0. The van der Waals surface area contributed by atoms with Crippen molar-refractivity contribution in [3.63, 3.8) is 0 Å². The molecule has 1 atom stereocenters. The maximum absolute atomic E-state index is 13.0. The Hall–Kier alpha value is -6.61. The first kappa shape index (κ1) is 40.5. The van der Waals surface area contributed by atoms with Crippen molar-refractivity contribution in [3.05, 3.63) is 102 Å². The van der Waals surface area contributed by atoms with Crippen LogP contribution in [0.4, 0.5) is 21.9 Å². The molecular formula is C48H53N11O4. The molecular weight excluding hydrogens is 795 g/mol. The number of H-pyrrole nitrogens is 1. The lowest BCUT2D eigenvalue weighted by atomic mass is 9.95. The molecule has 4 fully saturated rings. The summed E-state index contributed by atoms with van der Waals surface area (Å²) < 4.78 is 5.29. The maximum Gasteiger partial charge on any atom is 0.328 e. The van der Waals surface area contributed by atoms with Gasteiger partial charge in [0.25, 0.3) is 0 Å². The van der Waals surface area contributed by atoms with Crippen molar-refractivity contribution in [1.82, 2.24) is 40.9 Å². The third kappa shape index (κ3) is 8.36. The van der Waals surface area contributed by atoms with Crippen LogP contribution in [-0.4, -0.2) is 100 Å². The van der Waals surface area contributed by atoms with Gasteiger partial charge in [0.15, 0.2) is 11.5 Å². The largest absolute Gasteiger partial charge is 0.372 e. The number of hydrogen-bond acceptors (Lipinski definition) is 11. The van der Waals surface area contributed by atoms with E-state index in [1.807, 2.05) is 44.3 Å². The van der Waals surface area contributed by atoms with Crippen molar-refractivity contribution in [2.45, 2.75) is 64.3 Å². The highest BCUT2D eigenvalue weighted by Crippen LogP contribution is 2.46. The van der Waals surface area contributed by atoms with Crippen LogP contribution in [0.1, 0.15) is 79.6 Å². The predicted octanol–water partition coefficient (Wildman–Crippen LogP) is 7.01. The minimum Gasteiger partial charge on any atom is -0.372 e. The fourth-order valence-corrected chi connectivity index (χ4v) is 9.34. The Balaban J connectivity index is 0.714. The lowest BCUT2D eigenvalue weighted by molar-refractivity contribution is -0.120. The van der Waals surface area contributed by atoms with Gasteiger partial charge in [-0.3, -0.25) is 29.8 Å². The number of aromatic amines is 1. The van der Waals surface area contributed by atoms with E-state index in [1.165, 1.54) is 11.4 Å².